The van der Waals surface area contributed by atoms with Gasteiger partial charge in [0.05, 0.1) is 0 Å². The van der Waals surface area contributed by atoms with Gasteiger partial charge in [-0.3, -0.25) is 0 Å². The van der Waals surface area contributed by atoms with Gasteiger partial charge in [-0.15, -0.1) is 0 Å². The summed E-state index contributed by atoms with van der Waals surface area (Å²) in [5.41, 5.74) is 0. The number of likely N-dealkylation sites (N-methyl/N-ethyl adjacent to an activating group) is 1. The van der Waals surface area contributed by atoms with Crippen molar-refractivity contribution in [2.24, 2.45) is 0 Å². The van der Waals surface area contributed by atoms with Crippen LogP contribution in [0.5, 0.6) is 0 Å². The lowest BCUT2D eigenvalue weighted by Gasteiger charge is -2.27. The zero-order valence-electron chi connectivity index (χ0n) is 9.34. The monoisotopic (exact) mass is 184 g/mol. The Labute approximate surface area is 82.7 Å². The highest BCUT2D eigenvalue weighted by Gasteiger charge is 2.17. The maximum atomic E-state index is 3.54. The third-order valence-electron chi connectivity index (χ3n) is 3.13. The molecule has 0 aromatic carbocycles. The number of nitrogens with zero attached hydrogens (tertiary/aromatic N) is 1. The molecule has 2 atom stereocenters. The Hall–Kier alpha value is -0.0800. The van der Waals surface area contributed by atoms with Crippen LogP contribution in [-0.2, 0) is 0 Å². The molecule has 13 heavy (non-hydrogen) atoms. The first-order chi connectivity index (χ1) is 6.24. The summed E-state index contributed by atoms with van der Waals surface area (Å²) in [5, 5.41) is 3.54. The fraction of sp³-hybridized carbons (Fsp3) is 1.00. The molecule has 0 spiro atoms. The van der Waals surface area contributed by atoms with Crippen LogP contribution in [0.1, 0.15) is 39.5 Å². The van der Waals surface area contributed by atoms with E-state index in [4.69, 9.17) is 0 Å². The van der Waals surface area contributed by atoms with Crippen LogP contribution in [-0.4, -0.2) is 37.1 Å². The van der Waals surface area contributed by atoms with E-state index in [1.165, 1.54) is 38.8 Å². The van der Waals surface area contributed by atoms with Gasteiger partial charge in [0.1, 0.15) is 0 Å². The van der Waals surface area contributed by atoms with Crippen molar-refractivity contribution in [3.63, 3.8) is 0 Å². The van der Waals surface area contributed by atoms with E-state index in [1.54, 1.807) is 0 Å². The molecule has 0 aliphatic carbocycles. The fourth-order valence-electron chi connectivity index (χ4n) is 2.08. The smallest absolute Gasteiger partial charge is 0.0195 e. The third kappa shape index (κ3) is 3.65. The van der Waals surface area contributed by atoms with Crippen LogP contribution >= 0.6 is 0 Å². The summed E-state index contributed by atoms with van der Waals surface area (Å²) in [6.07, 6.45) is 5.34. The average Bonchev–Trinajstić information content (AvgIpc) is 2.57. The first-order valence-corrected chi connectivity index (χ1v) is 5.67. The van der Waals surface area contributed by atoms with Crippen LogP contribution in [0.4, 0.5) is 0 Å². The molecule has 1 saturated heterocycles. The molecule has 2 nitrogen and oxygen atoms in total. The van der Waals surface area contributed by atoms with Crippen molar-refractivity contribution in [3.8, 4) is 0 Å². The number of rotatable bonds is 5. The van der Waals surface area contributed by atoms with Gasteiger partial charge in [-0.05, 0) is 39.8 Å². The average molecular weight is 184 g/mol. The topological polar surface area (TPSA) is 15.3 Å². The Morgan fingerprint density at radius 2 is 2.31 bits per heavy atom. The molecule has 78 valence electrons. The predicted octanol–water partition coefficient (Wildman–Crippen LogP) is 1.86. The third-order valence-corrected chi connectivity index (χ3v) is 3.13. The highest BCUT2D eigenvalue weighted by molar-refractivity contribution is 4.78. The van der Waals surface area contributed by atoms with E-state index < -0.39 is 0 Å². The Bertz CT molecular complexity index is 130. The van der Waals surface area contributed by atoms with Crippen LogP contribution in [0.15, 0.2) is 0 Å². The van der Waals surface area contributed by atoms with Crippen molar-refractivity contribution in [2.75, 3.05) is 20.1 Å². The van der Waals surface area contributed by atoms with E-state index >= 15 is 0 Å². The van der Waals surface area contributed by atoms with Crippen molar-refractivity contribution < 1.29 is 0 Å². The Morgan fingerprint density at radius 3 is 2.85 bits per heavy atom. The van der Waals surface area contributed by atoms with Gasteiger partial charge in [-0.2, -0.15) is 0 Å². The molecule has 1 fully saturated rings. The van der Waals surface area contributed by atoms with Crippen molar-refractivity contribution in [3.05, 3.63) is 0 Å². The van der Waals surface area contributed by atoms with Gasteiger partial charge in [-0.25, -0.2) is 0 Å². The van der Waals surface area contributed by atoms with Gasteiger partial charge in [0.15, 0.2) is 0 Å². The maximum Gasteiger partial charge on any atom is 0.0195 e. The first kappa shape index (κ1) is 11.0. The summed E-state index contributed by atoms with van der Waals surface area (Å²) in [7, 11) is 2.25. The molecule has 1 rings (SSSR count). The standard InChI is InChI=1S/C11H24N2/c1-4-6-10(2)13(3)9-11-7-5-8-12-11/h10-12H,4-9H2,1-3H3/t10?,11-/m1/s1. The lowest BCUT2D eigenvalue weighted by Crippen LogP contribution is -2.39. The summed E-state index contributed by atoms with van der Waals surface area (Å²) in [6.45, 7) is 7.04. The normalized spacial score (nSPS) is 25.4. The fourth-order valence-corrected chi connectivity index (χ4v) is 2.08. The molecule has 0 bridgehead atoms. The van der Waals surface area contributed by atoms with Gasteiger partial charge >= 0.3 is 0 Å². The van der Waals surface area contributed by atoms with Gasteiger partial charge in [-0.1, -0.05) is 13.3 Å². The Morgan fingerprint density at radius 1 is 1.54 bits per heavy atom. The minimum absolute atomic E-state index is 0.743. The summed E-state index contributed by atoms with van der Waals surface area (Å²) >= 11 is 0. The van der Waals surface area contributed by atoms with Crippen LogP contribution in [0, 0.1) is 0 Å². The number of nitrogens with one attached hydrogen (secondary N) is 1. The van der Waals surface area contributed by atoms with Gasteiger partial charge in [0.25, 0.3) is 0 Å². The van der Waals surface area contributed by atoms with Crippen molar-refractivity contribution in [1.29, 1.82) is 0 Å². The minimum Gasteiger partial charge on any atom is -0.313 e. The second kappa shape index (κ2) is 5.61. The van der Waals surface area contributed by atoms with E-state index in [0.29, 0.717) is 0 Å². The predicted molar refractivity (Wildman–Crippen MR) is 58.0 cm³/mol. The molecule has 0 aromatic rings. The summed E-state index contributed by atoms with van der Waals surface area (Å²) in [4.78, 5) is 2.49. The molecule has 0 saturated carbocycles. The van der Waals surface area contributed by atoms with Gasteiger partial charge in [0, 0.05) is 18.6 Å². The molecule has 0 radical (unpaired) electrons. The SMILES string of the molecule is CCCC(C)N(C)C[C@H]1CCCN1. The van der Waals surface area contributed by atoms with Crippen molar-refractivity contribution >= 4 is 0 Å². The quantitative estimate of drug-likeness (QED) is 0.701. The molecule has 1 heterocycles. The van der Waals surface area contributed by atoms with Gasteiger partial charge in [0.2, 0.25) is 0 Å². The summed E-state index contributed by atoms with van der Waals surface area (Å²) in [6, 6.07) is 1.50. The summed E-state index contributed by atoms with van der Waals surface area (Å²) < 4.78 is 0. The second-order valence-electron chi connectivity index (χ2n) is 4.37. The van der Waals surface area contributed by atoms with E-state index in [0.717, 1.165) is 12.1 Å². The van der Waals surface area contributed by atoms with Crippen LogP contribution in [0.25, 0.3) is 0 Å². The number of hydrogen-bond donors (Lipinski definition) is 1. The lowest BCUT2D eigenvalue weighted by molar-refractivity contribution is 0.224. The minimum atomic E-state index is 0.743. The number of hydrogen-bond acceptors (Lipinski definition) is 2. The van der Waals surface area contributed by atoms with E-state index in [1.807, 2.05) is 0 Å². The zero-order valence-corrected chi connectivity index (χ0v) is 9.34. The molecule has 1 unspecified atom stereocenters. The highest BCUT2D eigenvalue weighted by atomic mass is 15.2. The molecule has 1 aliphatic rings. The Kier molecular flexibility index (Phi) is 4.74. The Balaban J connectivity index is 2.18. The second-order valence-corrected chi connectivity index (χ2v) is 4.37. The first-order valence-electron chi connectivity index (χ1n) is 5.67. The van der Waals surface area contributed by atoms with E-state index in [9.17, 15) is 0 Å². The molecule has 1 N–H and O–H groups in total. The summed E-state index contributed by atoms with van der Waals surface area (Å²) in [5.74, 6) is 0. The lowest BCUT2D eigenvalue weighted by atomic mass is 10.1. The van der Waals surface area contributed by atoms with Crippen LogP contribution in [0.2, 0.25) is 0 Å². The van der Waals surface area contributed by atoms with Crippen molar-refractivity contribution in [1.82, 2.24) is 10.2 Å². The molecular formula is C11H24N2. The van der Waals surface area contributed by atoms with Crippen LogP contribution < -0.4 is 5.32 Å². The van der Waals surface area contributed by atoms with E-state index in [-0.39, 0.29) is 0 Å². The highest BCUT2D eigenvalue weighted by Crippen LogP contribution is 2.10. The largest absolute Gasteiger partial charge is 0.313 e. The molecule has 0 aromatic heterocycles. The zero-order chi connectivity index (χ0) is 9.68. The molecular weight excluding hydrogens is 160 g/mol. The van der Waals surface area contributed by atoms with Gasteiger partial charge < -0.3 is 10.2 Å². The molecule has 0 amide bonds. The van der Waals surface area contributed by atoms with Crippen molar-refractivity contribution in [2.45, 2.75) is 51.6 Å². The van der Waals surface area contributed by atoms with Crippen LogP contribution in [0.3, 0.4) is 0 Å². The maximum absolute atomic E-state index is 3.54. The molecule has 2 heteroatoms. The van der Waals surface area contributed by atoms with E-state index in [2.05, 4.69) is 31.1 Å². The molecule has 1 aliphatic heterocycles.